The van der Waals surface area contributed by atoms with Crippen molar-refractivity contribution >= 4 is 11.9 Å². The van der Waals surface area contributed by atoms with E-state index >= 15 is 0 Å². The number of carbonyl (C=O) groups excluding carboxylic acids is 2. The lowest BCUT2D eigenvalue weighted by Crippen LogP contribution is -2.37. The van der Waals surface area contributed by atoms with Gasteiger partial charge in [-0.25, -0.2) is 0 Å². The van der Waals surface area contributed by atoms with Crippen molar-refractivity contribution in [1.82, 2.24) is 5.32 Å². The molecule has 1 rings (SSSR count). The summed E-state index contributed by atoms with van der Waals surface area (Å²) in [5.74, 6) is -1.21. The van der Waals surface area contributed by atoms with E-state index in [1.165, 1.54) is 14.2 Å². The Morgan fingerprint density at radius 1 is 1.62 bits per heavy atom. The third-order valence-electron chi connectivity index (χ3n) is 2.31. The van der Waals surface area contributed by atoms with Gasteiger partial charge < -0.3 is 9.47 Å². The van der Waals surface area contributed by atoms with Gasteiger partial charge in [0.1, 0.15) is 6.07 Å². The monoisotopic (exact) mass is 224 g/mol. The minimum absolute atomic E-state index is 0.0372. The molecule has 0 saturated carbocycles. The largest absolute Gasteiger partial charge is 0.482 e. The molecule has 1 amide bonds. The second kappa shape index (κ2) is 5.16. The standard InChI is InChI=1S/C10H12N2O4/c1-15-8(13)4-6-3-7(5-11)10(16-2)12-9(6)14/h6H,3-4H2,1-2H3,(H,12,14). The molecule has 1 aliphatic rings. The van der Waals surface area contributed by atoms with E-state index in [1.54, 1.807) is 0 Å². The molecule has 1 N–H and O–H groups in total. The van der Waals surface area contributed by atoms with Gasteiger partial charge in [-0.1, -0.05) is 0 Å². The fourth-order valence-corrected chi connectivity index (χ4v) is 1.44. The number of esters is 1. The van der Waals surface area contributed by atoms with Gasteiger partial charge in [0.05, 0.1) is 32.1 Å². The number of allylic oxidation sites excluding steroid dienone is 1. The van der Waals surface area contributed by atoms with E-state index in [0.717, 1.165) is 0 Å². The van der Waals surface area contributed by atoms with Crippen LogP contribution in [0.3, 0.4) is 0 Å². The molecule has 0 radical (unpaired) electrons. The van der Waals surface area contributed by atoms with Crippen LogP contribution in [0.25, 0.3) is 0 Å². The van der Waals surface area contributed by atoms with Crippen molar-refractivity contribution in [2.75, 3.05) is 14.2 Å². The van der Waals surface area contributed by atoms with Gasteiger partial charge in [0, 0.05) is 0 Å². The summed E-state index contributed by atoms with van der Waals surface area (Å²) in [5.41, 5.74) is 0.330. The number of hydrogen-bond acceptors (Lipinski definition) is 5. The van der Waals surface area contributed by atoms with Crippen LogP contribution in [0, 0.1) is 17.2 Å². The van der Waals surface area contributed by atoms with Crippen LogP contribution < -0.4 is 5.32 Å². The van der Waals surface area contributed by atoms with Crippen molar-refractivity contribution in [3.8, 4) is 6.07 Å². The highest BCUT2D eigenvalue weighted by molar-refractivity contribution is 5.86. The number of rotatable bonds is 3. The Morgan fingerprint density at radius 2 is 2.31 bits per heavy atom. The van der Waals surface area contributed by atoms with Crippen LogP contribution in [0.2, 0.25) is 0 Å². The Balaban J connectivity index is 2.80. The van der Waals surface area contributed by atoms with E-state index in [-0.39, 0.29) is 24.6 Å². The van der Waals surface area contributed by atoms with Gasteiger partial charge in [-0.05, 0) is 6.42 Å². The van der Waals surface area contributed by atoms with Crippen molar-refractivity contribution < 1.29 is 19.1 Å². The fourth-order valence-electron chi connectivity index (χ4n) is 1.44. The normalized spacial score (nSPS) is 19.8. The molecule has 0 fully saturated rings. The molecule has 0 spiro atoms. The summed E-state index contributed by atoms with van der Waals surface area (Å²) >= 11 is 0. The number of carbonyl (C=O) groups is 2. The zero-order valence-electron chi connectivity index (χ0n) is 9.07. The van der Waals surface area contributed by atoms with Crippen molar-refractivity contribution in [3.05, 3.63) is 11.5 Å². The second-order valence-corrected chi connectivity index (χ2v) is 3.29. The summed E-state index contributed by atoms with van der Waals surface area (Å²) in [6.07, 6.45) is 0.158. The zero-order valence-corrected chi connectivity index (χ0v) is 9.07. The average Bonchev–Trinajstić information content (AvgIpc) is 2.30. The first-order valence-corrected chi connectivity index (χ1v) is 4.67. The van der Waals surface area contributed by atoms with Gasteiger partial charge in [0.25, 0.3) is 0 Å². The Kier molecular flexibility index (Phi) is 3.89. The summed E-state index contributed by atoms with van der Waals surface area (Å²) < 4.78 is 9.33. The molecule has 0 aromatic rings. The van der Waals surface area contributed by atoms with E-state index in [9.17, 15) is 9.59 Å². The molecule has 0 aromatic heterocycles. The van der Waals surface area contributed by atoms with Crippen LogP contribution >= 0.6 is 0 Å². The molecule has 86 valence electrons. The zero-order chi connectivity index (χ0) is 12.1. The average molecular weight is 224 g/mol. The number of ether oxygens (including phenoxy) is 2. The molecular weight excluding hydrogens is 212 g/mol. The highest BCUT2D eigenvalue weighted by atomic mass is 16.5. The third-order valence-corrected chi connectivity index (χ3v) is 2.31. The number of amides is 1. The van der Waals surface area contributed by atoms with E-state index in [2.05, 4.69) is 10.1 Å². The lowest BCUT2D eigenvalue weighted by molar-refractivity contribution is -0.144. The summed E-state index contributed by atoms with van der Waals surface area (Å²) in [6, 6.07) is 1.93. The molecule has 0 aromatic carbocycles. The fraction of sp³-hybridized carbons (Fsp3) is 0.500. The molecule has 6 heteroatoms. The molecule has 0 bridgehead atoms. The molecule has 16 heavy (non-hydrogen) atoms. The van der Waals surface area contributed by atoms with Crippen LogP contribution in [0.4, 0.5) is 0 Å². The number of nitrogens with zero attached hydrogens (tertiary/aromatic N) is 1. The van der Waals surface area contributed by atoms with Gasteiger partial charge in [-0.15, -0.1) is 0 Å². The Hall–Kier alpha value is -2.03. The van der Waals surface area contributed by atoms with Crippen molar-refractivity contribution in [2.24, 2.45) is 5.92 Å². The molecule has 1 atom stereocenters. The molecular formula is C10H12N2O4. The van der Waals surface area contributed by atoms with Gasteiger partial charge in [-0.2, -0.15) is 5.26 Å². The number of nitrogens with one attached hydrogen (secondary N) is 1. The molecule has 0 aliphatic carbocycles. The van der Waals surface area contributed by atoms with Crippen molar-refractivity contribution in [2.45, 2.75) is 12.8 Å². The minimum atomic E-state index is -0.569. The first-order valence-electron chi connectivity index (χ1n) is 4.67. The third kappa shape index (κ3) is 2.51. The minimum Gasteiger partial charge on any atom is -0.482 e. The lowest BCUT2D eigenvalue weighted by Gasteiger charge is -2.22. The van der Waals surface area contributed by atoms with Crippen LogP contribution in [0.15, 0.2) is 11.5 Å². The highest BCUT2D eigenvalue weighted by Gasteiger charge is 2.30. The Bertz CT molecular complexity index is 381. The first-order chi connectivity index (χ1) is 7.62. The maximum Gasteiger partial charge on any atom is 0.306 e. The summed E-state index contributed by atoms with van der Waals surface area (Å²) in [5, 5.41) is 11.3. The molecule has 6 nitrogen and oxygen atoms in total. The van der Waals surface area contributed by atoms with Crippen molar-refractivity contribution in [3.63, 3.8) is 0 Å². The predicted molar refractivity (Wildman–Crippen MR) is 52.5 cm³/mol. The van der Waals surface area contributed by atoms with Gasteiger partial charge in [0.15, 0.2) is 0 Å². The summed E-state index contributed by atoms with van der Waals surface area (Å²) in [6.45, 7) is 0. The van der Waals surface area contributed by atoms with E-state index < -0.39 is 11.9 Å². The highest BCUT2D eigenvalue weighted by Crippen LogP contribution is 2.23. The maximum atomic E-state index is 11.5. The summed E-state index contributed by atoms with van der Waals surface area (Å²) in [4.78, 5) is 22.6. The second-order valence-electron chi connectivity index (χ2n) is 3.29. The number of nitriles is 1. The quantitative estimate of drug-likeness (QED) is 0.685. The van der Waals surface area contributed by atoms with Gasteiger partial charge in [-0.3, -0.25) is 14.9 Å². The maximum absolute atomic E-state index is 11.5. The van der Waals surface area contributed by atoms with E-state index in [1.807, 2.05) is 6.07 Å². The van der Waals surface area contributed by atoms with Gasteiger partial charge >= 0.3 is 5.97 Å². The first kappa shape index (κ1) is 12.0. The number of methoxy groups -OCH3 is 2. The molecule has 0 saturated heterocycles. The molecule has 1 unspecified atom stereocenters. The van der Waals surface area contributed by atoms with Gasteiger partial charge in [0.2, 0.25) is 11.8 Å². The molecule has 1 heterocycles. The smallest absolute Gasteiger partial charge is 0.306 e. The van der Waals surface area contributed by atoms with E-state index in [4.69, 9.17) is 10.00 Å². The summed E-state index contributed by atoms with van der Waals surface area (Å²) in [7, 11) is 2.62. The van der Waals surface area contributed by atoms with E-state index in [0.29, 0.717) is 5.57 Å². The SMILES string of the molecule is COC(=O)CC1CC(C#N)=C(OC)NC1=O. The van der Waals surface area contributed by atoms with Crippen LogP contribution in [0.5, 0.6) is 0 Å². The number of hydrogen-bond donors (Lipinski definition) is 1. The predicted octanol–water partition coefficient (Wildman–Crippen LogP) is 0.0672. The van der Waals surface area contributed by atoms with Crippen LogP contribution in [0.1, 0.15) is 12.8 Å². The van der Waals surface area contributed by atoms with Crippen LogP contribution in [-0.2, 0) is 19.1 Å². The molecule has 1 aliphatic heterocycles. The Labute approximate surface area is 92.8 Å². The van der Waals surface area contributed by atoms with Crippen LogP contribution in [-0.4, -0.2) is 26.1 Å². The lowest BCUT2D eigenvalue weighted by atomic mass is 9.93. The topological polar surface area (TPSA) is 88.4 Å². The Morgan fingerprint density at radius 3 is 2.81 bits per heavy atom. The van der Waals surface area contributed by atoms with Crippen molar-refractivity contribution in [1.29, 1.82) is 5.26 Å².